The van der Waals surface area contributed by atoms with Gasteiger partial charge in [0.05, 0.1) is 23.0 Å². The number of carbonyl (C=O) groups excluding carboxylic acids is 3. The molecule has 0 bridgehead atoms. The summed E-state index contributed by atoms with van der Waals surface area (Å²) in [6.07, 6.45) is -0.805. The lowest BCUT2D eigenvalue weighted by atomic mass is 9.89. The molecule has 0 aliphatic rings. The second-order valence-electron chi connectivity index (χ2n) is 12.3. The van der Waals surface area contributed by atoms with Gasteiger partial charge in [-0.05, 0) is 35.1 Å². The minimum atomic E-state index is -4.32. The SMILES string of the molecule is COC(=O)Nc1nc2ccc(S(=O)(=O)N(CC(C)C)C(O)(CCNC(=O)CC(C)(C)CNC(=O)CCl)Cc3ccccc3)cc2[nH]1. The molecular weight excluding hydrogens is 636 g/mol. The Morgan fingerprint density at radius 3 is 2.41 bits per heavy atom. The molecule has 15 heteroatoms. The number of methoxy groups -OCH3 is 1. The van der Waals surface area contributed by atoms with Crippen molar-refractivity contribution >= 4 is 56.5 Å². The van der Waals surface area contributed by atoms with E-state index in [-0.39, 0.29) is 73.4 Å². The van der Waals surface area contributed by atoms with E-state index in [1.807, 2.05) is 33.8 Å². The molecule has 3 rings (SSSR count). The summed E-state index contributed by atoms with van der Waals surface area (Å²) < 4.78 is 34.3. The Hall–Kier alpha value is -3.72. The molecule has 0 radical (unpaired) electrons. The van der Waals surface area contributed by atoms with Crippen molar-refractivity contribution in [3.8, 4) is 0 Å². The van der Waals surface area contributed by atoms with Gasteiger partial charge in [0.1, 0.15) is 11.6 Å². The van der Waals surface area contributed by atoms with Crippen molar-refractivity contribution in [1.29, 1.82) is 0 Å². The van der Waals surface area contributed by atoms with E-state index in [4.69, 9.17) is 11.6 Å². The number of benzene rings is 2. The summed E-state index contributed by atoms with van der Waals surface area (Å²) in [6.45, 7) is 7.57. The van der Waals surface area contributed by atoms with E-state index in [9.17, 15) is 27.9 Å². The van der Waals surface area contributed by atoms with Gasteiger partial charge >= 0.3 is 6.09 Å². The van der Waals surface area contributed by atoms with Gasteiger partial charge in [0, 0.05) is 38.9 Å². The van der Waals surface area contributed by atoms with Gasteiger partial charge in [-0.2, -0.15) is 4.31 Å². The molecular formula is C31H43ClN6O7S. The number of halogens is 1. The Morgan fingerprint density at radius 2 is 1.78 bits per heavy atom. The fraction of sp³-hybridized carbons (Fsp3) is 0.484. The first-order chi connectivity index (χ1) is 21.6. The highest BCUT2D eigenvalue weighted by Gasteiger charge is 2.43. The number of aromatic amines is 1. The molecule has 252 valence electrons. The van der Waals surface area contributed by atoms with E-state index in [0.29, 0.717) is 16.6 Å². The lowest BCUT2D eigenvalue weighted by Gasteiger charge is -2.40. The van der Waals surface area contributed by atoms with Crippen molar-refractivity contribution in [1.82, 2.24) is 24.9 Å². The van der Waals surface area contributed by atoms with Crippen LogP contribution in [0, 0.1) is 11.3 Å². The van der Waals surface area contributed by atoms with E-state index >= 15 is 0 Å². The Kier molecular flexibility index (Phi) is 12.6. The van der Waals surface area contributed by atoms with Crippen LogP contribution in [0.25, 0.3) is 11.0 Å². The summed E-state index contributed by atoms with van der Waals surface area (Å²) in [5, 5.41) is 20.2. The van der Waals surface area contributed by atoms with Crippen LogP contribution in [0.1, 0.15) is 46.1 Å². The van der Waals surface area contributed by atoms with E-state index in [0.717, 1.165) is 4.31 Å². The first-order valence-electron chi connectivity index (χ1n) is 14.8. The number of aromatic nitrogens is 2. The highest BCUT2D eigenvalue weighted by atomic mass is 35.5. The molecule has 2 aromatic carbocycles. The smallest absolute Gasteiger partial charge is 0.413 e. The molecule has 46 heavy (non-hydrogen) atoms. The predicted molar refractivity (Wildman–Crippen MR) is 176 cm³/mol. The van der Waals surface area contributed by atoms with Crippen LogP contribution in [0.2, 0.25) is 0 Å². The van der Waals surface area contributed by atoms with Crippen LogP contribution in [0.5, 0.6) is 0 Å². The molecule has 0 fully saturated rings. The molecule has 3 amide bonds. The molecule has 0 aliphatic heterocycles. The fourth-order valence-electron chi connectivity index (χ4n) is 4.88. The van der Waals surface area contributed by atoms with E-state index in [2.05, 4.69) is 30.7 Å². The third kappa shape index (κ3) is 10.1. The van der Waals surface area contributed by atoms with Gasteiger partial charge in [0.15, 0.2) is 0 Å². The maximum Gasteiger partial charge on any atom is 0.413 e. The number of hydrogen-bond donors (Lipinski definition) is 5. The van der Waals surface area contributed by atoms with Crippen molar-refractivity contribution in [2.75, 3.05) is 37.9 Å². The second-order valence-corrected chi connectivity index (χ2v) is 14.4. The quantitative estimate of drug-likeness (QED) is 0.112. The second kappa shape index (κ2) is 15.7. The van der Waals surface area contributed by atoms with Gasteiger partial charge < -0.3 is 25.5 Å². The van der Waals surface area contributed by atoms with Crippen molar-refractivity contribution in [2.24, 2.45) is 11.3 Å². The van der Waals surface area contributed by atoms with Crippen LogP contribution in [0.4, 0.5) is 10.7 Å². The number of alkyl halides is 1. The zero-order chi connectivity index (χ0) is 34.1. The summed E-state index contributed by atoms with van der Waals surface area (Å²) in [4.78, 5) is 43.1. The number of H-pyrrole nitrogens is 1. The minimum absolute atomic E-state index is 0.0108. The third-order valence-electron chi connectivity index (χ3n) is 7.14. The molecule has 0 saturated carbocycles. The number of carbonyl (C=O) groups is 3. The minimum Gasteiger partial charge on any atom is -0.453 e. The van der Waals surface area contributed by atoms with Crippen LogP contribution in [-0.4, -0.2) is 84.1 Å². The number of nitrogens with one attached hydrogen (secondary N) is 4. The summed E-state index contributed by atoms with van der Waals surface area (Å²) in [7, 11) is -3.11. The van der Waals surface area contributed by atoms with Crippen LogP contribution < -0.4 is 16.0 Å². The molecule has 5 N–H and O–H groups in total. The normalized spacial score (nSPS) is 13.4. The van der Waals surface area contributed by atoms with Crippen molar-refractivity contribution in [2.45, 2.75) is 57.6 Å². The number of rotatable bonds is 16. The van der Waals surface area contributed by atoms with Gasteiger partial charge in [-0.3, -0.25) is 14.9 Å². The maximum absolute atomic E-state index is 14.3. The number of amides is 3. The maximum atomic E-state index is 14.3. The topological polar surface area (TPSA) is 183 Å². The highest BCUT2D eigenvalue weighted by molar-refractivity contribution is 7.89. The predicted octanol–water partition coefficient (Wildman–Crippen LogP) is 3.60. The standard InChI is InChI=1S/C31H43ClN6O7S/c1-21(2)19-38(46(43,44)23-11-12-24-25(15-23)36-28(35-24)37-29(41)45-5)31(42,16-22-9-7-6-8-10-22)13-14-33-26(39)17-30(3,4)20-34-27(40)18-32/h6-12,15,21,42H,13-14,16-20H2,1-5H3,(H,33,39)(H,34,40)(H2,35,36,37,41). The van der Waals surface area contributed by atoms with Crippen LogP contribution in [0.3, 0.4) is 0 Å². The molecule has 1 aromatic heterocycles. The van der Waals surface area contributed by atoms with Crippen molar-refractivity contribution < 1.29 is 32.6 Å². The summed E-state index contributed by atoms with van der Waals surface area (Å²) in [5.74, 6) is -0.913. The van der Waals surface area contributed by atoms with E-state index in [1.54, 1.807) is 24.3 Å². The highest BCUT2D eigenvalue weighted by Crippen LogP contribution is 2.32. The van der Waals surface area contributed by atoms with Gasteiger partial charge in [-0.1, -0.05) is 58.0 Å². The third-order valence-corrected chi connectivity index (χ3v) is 9.31. The number of imidazole rings is 1. The number of nitrogens with zero attached hydrogens (tertiary/aromatic N) is 2. The summed E-state index contributed by atoms with van der Waals surface area (Å²) in [6, 6.07) is 13.3. The molecule has 13 nitrogen and oxygen atoms in total. The zero-order valence-corrected chi connectivity index (χ0v) is 28.3. The molecule has 3 aromatic rings. The van der Waals surface area contributed by atoms with Gasteiger partial charge in [-0.15, -0.1) is 11.6 Å². The van der Waals surface area contributed by atoms with Crippen LogP contribution in [-0.2, 0) is 30.8 Å². The molecule has 1 atom stereocenters. The van der Waals surface area contributed by atoms with Crippen LogP contribution >= 0.6 is 11.6 Å². The van der Waals surface area contributed by atoms with E-state index < -0.39 is 27.3 Å². The molecule has 1 heterocycles. The Morgan fingerprint density at radius 1 is 1.09 bits per heavy atom. The number of hydrogen-bond acceptors (Lipinski definition) is 8. The Labute approximate surface area is 274 Å². The summed E-state index contributed by atoms with van der Waals surface area (Å²) >= 11 is 5.55. The van der Waals surface area contributed by atoms with Gasteiger partial charge in [-0.25, -0.2) is 18.2 Å². The zero-order valence-electron chi connectivity index (χ0n) is 26.7. The first-order valence-corrected chi connectivity index (χ1v) is 16.8. The number of anilines is 1. The molecule has 0 saturated heterocycles. The van der Waals surface area contributed by atoms with Crippen molar-refractivity contribution in [3.05, 3.63) is 54.1 Å². The molecule has 0 spiro atoms. The lowest BCUT2D eigenvalue weighted by Crippen LogP contribution is -2.55. The monoisotopic (exact) mass is 678 g/mol. The average Bonchev–Trinajstić information content (AvgIpc) is 3.40. The molecule has 0 aliphatic carbocycles. The largest absolute Gasteiger partial charge is 0.453 e. The Balaban J connectivity index is 1.91. The fourth-order valence-corrected chi connectivity index (χ4v) is 6.83. The van der Waals surface area contributed by atoms with Gasteiger partial charge in [0.25, 0.3) is 0 Å². The molecule has 1 unspecified atom stereocenters. The number of ether oxygens (including phenoxy) is 1. The lowest BCUT2D eigenvalue weighted by molar-refractivity contribution is -0.125. The number of fused-ring (bicyclic) bond motifs is 1. The average molecular weight is 679 g/mol. The number of sulfonamides is 1. The summed E-state index contributed by atoms with van der Waals surface area (Å²) in [5.41, 5.74) is -1.04. The number of aliphatic hydroxyl groups is 1. The Bertz CT molecular complexity index is 1610. The van der Waals surface area contributed by atoms with Crippen molar-refractivity contribution in [3.63, 3.8) is 0 Å². The first kappa shape index (κ1) is 36.7. The van der Waals surface area contributed by atoms with Crippen LogP contribution in [0.15, 0.2) is 53.4 Å². The van der Waals surface area contributed by atoms with Gasteiger partial charge in [0.2, 0.25) is 27.8 Å². The van der Waals surface area contributed by atoms with E-state index in [1.165, 1.54) is 25.3 Å².